The van der Waals surface area contributed by atoms with E-state index in [9.17, 15) is 5.26 Å². The molecule has 0 unspecified atom stereocenters. The number of hydrogen-bond acceptors (Lipinski definition) is 5. The number of ether oxygens (including phenoxy) is 2. The van der Waals surface area contributed by atoms with Crippen molar-refractivity contribution >= 4 is 16.5 Å². The van der Waals surface area contributed by atoms with E-state index in [0.29, 0.717) is 31.1 Å². The molecular formula is C26H29N3O2. The quantitative estimate of drug-likeness (QED) is 0.530. The van der Waals surface area contributed by atoms with Crippen molar-refractivity contribution in [3.8, 4) is 22.9 Å². The van der Waals surface area contributed by atoms with Crippen molar-refractivity contribution < 1.29 is 9.47 Å². The molecule has 1 saturated heterocycles. The highest BCUT2D eigenvalue weighted by Crippen LogP contribution is 2.33. The molecule has 3 aromatic carbocycles. The molecule has 0 radical (unpaired) electrons. The lowest BCUT2D eigenvalue weighted by molar-refractivity contribution is 0.110. The molecule has 4 rings (SSSR count). The van der Waals surface area contributed by atoms with E-state index in [1.54, 1.807) is 0 Å². The first-order valence-corrected chi connectivity index (χ1v) is 10.9. The third-order valence-corrected chi connectivity index (χ3v) is 5.83. The number of rotatable bonds is 7. The monoisotopic (exact) mass is 415 g/mol. The summed E-state index contributed by atoms with van der Waals surface area (Å²) in [6.07, 6.45) is 0. The van der Waals surface area contributed by atoms with Gasteiger partial charge in [-0.25, -0.2) is 0 Å². The van der Waals surface area contributed by atoms with Crippen LogP contribution in [0.4, 0.5) is 5.69 Å². The highest BCUT2D eigenvalue weighted by molar-refractivity contribution is 5.91. The van der Waals surface area contributed by atoms with Crippen molar-refractivity contribution in [3.05, 3.63) is 60.2 Å². The van der Waals surface area contributed by atoms with Crippen LogP contribution >= 0.6 is 0 Å². The summed E-state index contributed by atoms with van der Waals surface area (Å²) in [6.45, 7) is 7.85. The minimum atomic E-state index is 0.429. The summed E-state index contributed by atoms with van der Waals surface area (Å²) in [4.78, 5) is 4.81. The van der Waals surface area contributed by atoms with Crippen molar-refractivity contribution in [2.45, 2.75) is 6.92 Å². The van der Waals surface area contributed by atoms with Crippen LogP contribution < -0.4 is 9.64 Å². The van der Waals surface area contributed by atoms with Crippen LogP contribution in [0.1, 0.15) is 12.5 Å². The molecule has 0 bridgehead atoms. The van der Waals surface area contributed by atoms with E-state index in [2.05, 4.69) is 59.3 Å². The molecule has 1 aliphatic rings. The summed E-state index contributed by atoms with van der Waals surface area (Å²) in [5.74, 6) is 0.602. The summed E-state index contributed by atoms with van der Waals surface area (Å²) >= 11 is 0. The van der Waals surface area contributed by atoms with Gasteiger partial charge in [-0.15, -0.1) is 0 Å². The van der Waals surface area contributed by atoms with Gasteiger partial charge in [0.1, 0.15) is 24.0 Å². The van der Waals surface area contributed by atoms with Gasteiger partial charge in [0, 0.05) is 44.0 Å². The Balaban J connectivity index is 1.60. The number of benzene rings is 3. The largest absolute Gasteiger partial charge is 0.490 e. The molecule has 31 heavy (non-hydrogen) atoms. The molecule has 1 aliphatic heterocycles. The summed E-state index contributed by atoms with van der Waals surface area (Å²) < 4.78 is 11.2. The van der Waals surface area contributed by atoms with Gasteiger partial charge < -0.3 is 19.3 Å². The van der Waals surface area contributed by atoms with E-state index in [1.165, 1.54) is 16.5 Å². The van der Waals surface area contributed by atoms with Crippen molar-refractivity contribution in [1.29, 1.82) is 5.26 Å². The molecule has 0 aliphatic carbocycles. The summed E-state index contributed by atoms with van der Waals surface area (Å²) in [7, 11) is 2.17. The third kappa shape index (κ3) is 4.82. The second kappa shape index (κ2) is 9.82. The second-order valence-corrected chi connectivity index (χ2v) is 7.87. The van der Waals surface area contributed by atoms with E-state index in [4.69, 9.17) is 9.47 Å². The average molecular weight is 416 g/mol. The second-order valence-electron chi connectivity index (χ2n) is 7.87. The van der Waals surface area contributed by atoms with Crippen LogP contribution in [0, 0.1) is 11.3 Å². The van der Waals surface area contributed by atoms with Crippen LogP contribution in [-0.2, 0) is 4.74 Å². The van der Waals surface area contributed by atoms with Gasteiger partial charge >= 0.3 is 0 Å². The lowest BCUT2D eigenvalue weighted by atomic mass is 9.96. The standard InChI is InChI=1S/C26H29N3O2/c1-3-30-15-16-31-26-6-4-5-24(25(26)19-27)22-8-7-21-18-23(10-9-20(21)17-22)29-13-11-28(2)12-14-29/h4-10,17-18H,3,11-16H2,1-2H3. The molecular weight excluding hydrogens is 386 g/mol. The Hall–Kier alpha value is -3.07. The lowest BCUT2D eigenvalue weighted by Crippen LogP contribution is -2.44. The Kier molecular flexibility index (Phi) is 6.71. The van der Waals surface area contributed by atoms with Gasteiger partial charge in [0.05, 0.1) is 6.61 Å². The smallest absolute Gasteiger partial charge is 0.137 e. The van der Waals surface area contributed by atoms with Crippen LogP contribution in [0.25, 0.3) is 21.9 Å². The van der Waals surface area contributed by atoms with E-state index < -0.39 is 0 Å². The number of fused-ring (bicyclic) bond motifs is 1. The number of piperazine rings is 1. The normalized spacial score (nSPS) is 14.5. The molecule has 160 valence electrons. The number of nitrogens with zero attached hydrogens (tertiary/aromatic N) is 3. The molecule has 0 N–H and O–H groups in total. The van der Waals surface area contributed by atoms with Crippen LogP contribution in [0.2, 0.25) is 0 Å². The van der Waals surface area contributed by atoms with E-state index in [-0.39, 0.29) is 0 Å². The van der Waals surface area contributed by atoms with Gasteiger partial charge in [-0.05, 0) is 54.6 Å². The van der Waals surface area contributed by atoms with E-state index in [1.807, 2.05) is 25.1 Å². The first-order chi connectivity index (χ1) is 15.2. The maximum atomic E-state index is 9.81. The minimum absolute atomic E-state index is 0.429. The number of likely N-dealkylation sites (N-methyl/N-ethyl adjacent to an activating group) is 1. The summed E-state index contributed by atoms with van der Waals surface area (Å²) in [5, 5.41) is 12.2. The molecule has 0 aromatic heterocycles. The van der Waals surface area contributed by atoms with Gasteiger partial charge in [0.25, 0.3) is 0 Å². The highest BCUT2D eigenvalue weighted by Gasteiger charge is 2.15. The summed E-state index contributed by atoms with van der Waals surface area (Å²) in [6, 6.07) is 21.1. The van der Waals surface area contributed by atoms with Gasteiger partial charge in [-0.2, -0.15) is 5.26 Å². The van der Waals surface area contributed by atoms with Crippen LogP contribution in [-0.4, -0.2) is 57.9 Å². The molecule has 5 heteroatoms. The summed E-state index contributed by atoms with van der Waals surface area (Å²) in [5.41, 5.74) is 3.75. The van der Waals surface area contributed by atoms with Gasteiger partial charge in [-0.3, -0.25) is 0 Å². The van der Waals surface area contributed by atoms with E-state index in [0.717, 1.165) is 37.3 Å². The maximum absolute atomic E-state index is 9.81. The topological polar surface area (TPSA) is 48.7 Å². The predicted octanol–water partition coefficient (Wildman–Crippen LogP) is 4.55. The Bertz CT molecular complexity index is 1080. The maximum Gasteiger partial charge on any atom is 0.137 e. The fourth-order valence-corrected chi connectivity index (χ4v) is 4.02. The van der Waals surface area contributed by atoms with Crippen LogP contribution in [0.5, 0.6) is 5.75 Å². The highest BCUT2D eigenvalue weighted by atomic mass is 16.5. The average Bonchev–Trinajstić information content (AvgIpc) is 2.81. The zero-order chi connectivity index (χ0) is 21.6. The fraction of sp³-hybridized carbons (Fsp3) is 0.346. The fourth-order valence-electron chi connectivity index (χ4n) is 4.02. The van der Waals surface area contributed by atoms with Gasteiger partial charge in [0.15, 0.2) is 0 Å². The first kappa shape index (κ1) is 21.2. The van der Waals surface area contributed by atoms with Crippen molar-refractivity contribution in [2.75, 3.05) is 57.9 Å². The SMILES string of the molecule is CCOCCOc1cccc(-c2ccc3cc(N4CCN(C)CC4)ccc3c2)c1C#N. The molecule has 5 nitrogen and oxygen atoms in total. The zero-order valence-electron chi connectivity index (χ0n) is 18.3. The van der Waals surface area contributed by atoms with E-state index >= 15 is 0 Å². The molecule has 0 spiro atoms. The zero-order valence-corrected chi connectivity index (χ0v) is 18.3. The van der Waals surface area contributed by atoms with Crippen molar-refractivity contribution in [2.24, 2.45) is 0 Å². The lowest BCUT2D eigenvalue weighted by Gasteiger charge is -2.34. The Labute approximate surface area is 184 Å². The molecule has 1 fully saturated rings. The molecule has 0 atom stereocenters. The number of nitriles is 1. The Morgan fingerprint density at radius 1 is 0.935 bits per heavy atom. The van der Waals surface area contributed by atoms with Gasteiger partial charge in [-0.1, -0.05) is 30.3 Å². The molecule has 1 heterocycles. The van der Waals surface area contributed by atoms with Crippen LogP contribution in [0.15, 0.2) is 54.6 Å². The Morgan fingerprint density at radius 3 is 2.48 bits per heavy atom. The first-order valence-electron chi connectivity index (χ1n) is 10.9. The Morgan fingerprint density at radius 2 is 1.71 bits per heavy atom. The van der Waals surface area contributed by atoms with Crippen molar-refractivity contribution in [3.63, 3.8) is 0 Å². The predicted molar refractivity (Wildman–Crippen MR) is 126 cm³/mol. The molecule has 3 aromatic rings. The minimum Gasteiger partial charge on any atom is -0.490 e. The number of hydrogen-bond donors (Lipinski definition) is 0. The van der Waals surface area contributed by atoms with Crippen LogP contribution in [0.3, 0.4) is 0 Å². The number of anilines is 1. The third-order valence-electron chi connectivity index (χ3n) is 5.83. The molecule has 0 amide bonds. The van der Waals surface area contributed by atoms with Crippen molar-refractivity contribution in [1.82, 2.24) is 4.90 Å². The van der Waals surface area contributed by atoms with Gasteiger partial charge in [0.2, 0.25) is 0 Å². The molecule has 0 saturated carbocycles.